The number of aliphatic hydroxyl groups is 4. The number of phosphoric acid groups is 3. The molecule has 3 aromatic heterocycles. The maximum Gasteiger partial charge on any atom is 0.472 e. The van der Waals surface area contributed by atoms with Gasteiger partial charge in [0.2, 0.25) is 11.9 Å². The molecule has 33 heteroatoms. The molecule has 0 bridgehead atoms. The van der Waals surface area contributed by atoms with Gasteiger partial charge in [0.05, 0.1) is 32.8 Å². The Morgan fingerprint density at radius 3 is 2.02 bits per heavy atom. The van der Waals surface area contributed by atoms with Gasteiger partial charge in [0, 0.05) is 13.2 Å². The summed E-state index contributed by atoms with van der Waals surface area (Å²) in [4.78, 5) is 80.9. The third kappa shape index (κ3) is 10.5. The van der Waals surface area contributed by atoms with Crippen LogP contribution in [-0.2, 0) is 45.8 Å². The summed E-state index contributed by atoms with van der Waals surface area (Å²) >= 11 is 0. The molecule has 2 aliphatic rings. The number of nitrogens with two attached hydrogens (primary N) is 2. The zero-order chi connectivity index (χ0) is 42.9. The highest BCUT2D eigenvalue weighted by molar-refractivity contribution is 7.47. The zero-order valence-corrected chi connectivity index (χ0v) is 32.3. The van der Waals surface area contributed by atoms with E-state index in [4.69, 9.17) is 39.0 Å². The number of rotatable bonds is 19. The van der Waals surface area contributed by atoms with Gasteiger partial charge >= 0.3 is 23.5 Å². The minimum absolute atomic E-state index is 0.130. The number of nitrogens with one attached hydrogen (secondary N) is 3. The molecule has 0 spiro atoms. The highest BCUT2D eigenvalue weighted by Gasteiger charge is 2.48. The van der Waals surface area contributed by atoms with Gasteiger partial charge in [0.1, 0.15) is 48.4 Å². The highest BCUT2D eigenvalue weighted by atomic mass is 31.2. The molecular weight excluding hydrogens is 853 g/mol. The van der Waals surface area contributed by atoms with E-state index in [1.165, 1.54) is 7.05 Å². The number of anilines is 4. The largest absolute Gasteiger partial charge is 0.472 e. The summed E-state index contributed by atoms with van der Waals surface area (Å²) in [5.41, 5.74) is 9.34. The van der Waals surface area contributed by atoms with Crippen molar-refractivity contribution in [2.75, 3.05) is 55.2 Å². The van der Waals surface area contributed by atoms with Crippen LogP contribution in [0.4, 0.5) is 23.4 Å². The first-order chi connectivity index (χ1) is 27.0. The van der Waals surface area contributed by atoms with Crippen LogP contribution >= 0.6 is 23.5 Å². The summed E-state index contributed by atoms with van der Waals surface area (Å²) < 4.78 is 72.7. The number of hydrogen-bond donors (Lipinski definition) is 13. The number of nitrogens with zero attached hydrogens (tertiary/aromatic N) is 5. The van der Waals surface area contributed by atoms with Crippen molar-refractivity contribution in [3.63, 3.8) is 0 Å². The fraction of sp³-hybridized carbons (Fsp3) is 0.560. The van der Waals surface area contributed by atoms with Crippen molar-refractivity contribution in [1.82, 2.24) is 29.5 Å². The number of imidazole rings is 1. The SMILES string of the molecule is C=CN(c1nc(N)[nH]c(=O)c1NC)[C@@H]1O[C@H](COP(=O)(O)OCC(COP(=O)(O)OCC2OC(n3cnc4c(=O)[nH]c(N)nc43)[C@H](O)[C@@H]2O)OP(=O)(O)O)C(O)C1O. The standard InChI is InChI=1S/C25H39N10O20P3/c1-3-34(18-12(28-2)20(40)32-24(26)30-18)22-16(38)14(36)10(53-22)6-51-57(45,46)49-4-9(55-56(42,43)44)5-50-58(47,48)52-7-11-15(37)17(39)23(54-11)35-8-29-13-19(35)31-25(27)33-21(13)41/h3,8-11,14-17,22-23,28,36-39H,1,4-7H2,2H3,(H,45,46)(H,47,48)(H2,42,43,44)(H3,26,30,32,40)(H3,27,31,33,41)/t9?,10-,11?,14?,15-,16?,17-,22-,23?/m1/s1. The lowest BCUT2D eigenvalue weighted by Crippen LogP contribution is -2.42. The van der Waals surface area contributed by atoms with E-state index >= 15 is 0 Å². The Bertz CT molecular complexity index is 2220. The Morgan fingerprint density at radius 2 is 1.45 bits per heavy atom. The predicted molar refractivity (Wildman–Crippen MR) is 191 cm³/mol. The van der Waals surface area contributed by atoms with E-state index in [1.54, 1.807) is 0 Å². The highest BCUT2D eigenvalue weighted by Crippen LogP contribution is 2.48. The lowest BCUT2D eigenvalue weighted by molar-refractivity contribution is -0.0527. The Hall–Kier alpha value is -3.74. The van der Waals surface area contributed by atoms with Gasteiger partial charge in [-0.1, -0.05) is 6.58 Å². The molecule has 0 radical (unpaired) electrons. The van der Waals surface area contributed by atoms with E-state index in [2.05, 4.69) is 41.3 Å². The summed E-state index contributed by atoms with van der Waals surface area (Å²) in [6.45, 7) is -0.809. The van der Waals surface area contributed by atoms with Crippen LogP contribution in [0, 0.1) is 0 Å². The molecule has 30 nitrogen and oxygen atoms in total. The van der Waals surface area contributed by atoms with Gasteiger partial charge in [-0.2, -0.15) is 9.97 Å². The fourth-order valence-electron chi connectivity index (χ4n) is 5.59. The third-order valence-electron chi connectivity index (χ3n) is 8.22. The number of aromatic amines is 2. The molecule has 324 valence electrons. The summed E-state index contributed by atoms with van der Waals surface area (Å²) in [5, 5.41) is 45.0. The van der Waals surface area contributed by atoms with E-state index in [9.17, 15) is 63.3 Å². The van der Waals surface area contributed by atoms with Crippen LogP contribution in [0.3, 0.4) is 0 Å². The molecule has 2 saturated heterocycles. The molecule has 7 unspecified atom stereocenters. The number of fused-ring (bicyclic) bond motifs is 1. The normalized spacial score (nSPS) is 27.6. The predicted octanol–water partition coefficient (Wildman–Crippen LogP) is -4.13. The minimum Gasteiger partial charge on any atom is -0.387 e. The van der Waals surface area contributed by atoms with E-state index in [-0.39, 0.29) is 34.6 Å². The van der Waals surface area contributed by atoms with Crippen LogP contribution in [0.15, 0.2) is 28.7 Å². The first-order valence-corrected chi connectivity index (χ1v) is 20.8. The molecule has 3 aromatic rings. The van der Waals surface area contributed by atoms with Crippen molar-refractivity contribution >= 4 is 58.0 Å². The van der Waals surface area contributed by atoms with Gasteiger partial charge in [-0.15, -0.1) is 0 Å². The topological polar surface area (TPSA) is 454 Å². The average Bonchev–Trinajstić information content (AvgIpc) is 3.77. The first-order valence-electron chi connectivity index (χ1n) is 16.3. The Morgan fingerprint density at radius 1 is 0.897 bits per heavy atom. The van der Waals surface area contributed by atoms with Crippen LogP contribution in [0.5, 0.6) is 0 Å². The van der Waals surface area contributed by atoms with E-state index in [0.29, 0.717) is 0 Å². The first kappa shape index (κ1) is 45.3. The second kappa shape index (κ2) is 17.9. The molecule has 0 amide bonds. The number of phosphoric ester groups is 3. The lowest BCUT2D eigenvalue weighted by Gasteiger charge is -2.29. The van der Waals surface area contributed by atoms with Crippen LogP contribution in [0.1, 0.15) is 6.23 Å². The van der Waals surface area contributed by atoms with Crippen molar-refractivity contribution in [2.24, 2.45) is 0 Å². The number of ether oxygens (including phenoxy) is 2. The van der Waals surface area contributed by atoms with E-state index in [1.807, 2.05) is 0 Å². The number of nitrogen functional groups attached to an aromatic ring is 2. The maximum absolute atomic E-state index is 12.7. The van der Waals surface area contributed by atoms with Crippen molar-refractivity contribution < 1.29 is 85.8 Å². The zero-order valence-electron chi connectivity index (χ0n) is 29.6. The molecule has 11 atom stereocenters. The van der Waals surface area contributed by atoms with Gasteiger partial charge in [-0.25, -0.2) is 18.7 Å². The molecule has 2 aliphatic heterocycles. The molecule has 5 rings (SSSR count). The van der Waals surface area contributed by atoms with E-state index in [0.717, 1.165) is 22.0 Å². The second-order valence-electron chi connectivity index (χ2n) is 12.2. The fourth-order valence-corrected chi connectivity index (χ4v) is 7.63. The average molecular weight is 893 g/mol. The summed E-state index contributed by atoms with van der Waals surface area (Å²) in [5.74, 6) is -0.796. The van der Waals surface area contributed by atoms with Crippen molar-refractivity contribution in [2.45, 2.75) is 55.2 Å². The molecule has 15 N–H and O–H groups in total. The molecule has 0 aromatic carbocycles. The molecular formula is C25H39N10O20P3. The van der Waals surface area contributed by atoms with Gasteiger partial charge in [-0.3, -0.25) is 46.7 Å². The van der Waals surface area contributed by atoms with Crippen LogP contribution in [0.2, 0.25) is 0 Å². The van der Waals surface area contributed by atoms with Gasteiger partial charge in [-0.05, 0) is 0 Å². The summed E-state index contributed by atoms with van der Waals surface area (Å²) in [6, 6.07) is 0. The Kier molecular flexibility index (Phi) is 14.0. The lowest BCUT2D eigenvalue weighted by atomic mass is 10.1. The maximum atomic E-state index is 12.7. The molecule has 0 aliphatic carbocycles. The van der Waals surface area contributed by atoms with Crippen LogP contribution in [-0.4, -0.2) is 152 Å². The summed E-state index contributed by atoms with van der Waals surface area (Å²) in [6.07, 6.45) is -13.0. The smallest absolute Gasteiger partial charge is 0.387 e. The molecule has 58 heavy (non-hydrogen) atoms. The molecule has 0 saturated carbocycles. The van der Waals surface area contributed by atoms with E-state index < -0.39 is 116 Å². The minimum atomic E-state index is -5.43. The summed E-state index contributed by atoms with van der Waals surface area (Å²) in [7, 11) is -14.5. The third-order valence-corrected chi connectivity index (χ3v) is 10.7. The van der Waals surface area contributed by atoms with Gasteiger partial charge < -0.3 is 71.2 Å². The quantitative estimate of drug-likeness (QED) is 0.0508. The van der Waals surface area contributed by atoms with Crippen molar-refractivity contribution in [3.05, 3.63) is 39.8 Å². The van der Waals surface area contributed by atoms with Gasteiger partial charge in [0.25, 0.3) is 11.1 Å². The van der Waals surface area contributed by atoms with Crippen molar-refractivity contribution in [3.8, 4) is 0 Å². The van der Waals surface area contributed by atoms with Crippen LogP contribution < -0.4 is 32.8 Å². The Labute approximate surface area is 323 Å². The number of hydrogen-bond acceptors (Lipinski definition) is 23. The van der Waals surface area contributed by atoms with Gasteiger partial charge in [0.15, 0.2) is 29.4 Å². The number of aliphatic hydroxyl groups excluding tert-OH is 4. The number of aromatic nitrogens is 6. The number of H-pyrrole nitrogens is 2. The Balaban J connectivity index is 1.15. The molecule has 5 heterocycles. The monoisotopic (exact) mass is 892 g/mol. The van der Waals surface area contributed by atoms with Crippen molar-refractivity contribution in [1.29, 1.82) is 0 Å². The second-order valence-corrected chi connectivity index (χ2v) is 16.3. The molecule has 2 fully saturated rings. The van der Waals surface area contributed by atoms with Crippen LogP contribution in [0.25, 0.3) is 11.2 Å².